The number of H-pyrrole nitrogens is 1. The molecule has 0 saturated carbocycles. The van der Waals surface area contributed by atoms with Gasteiger partial charge in [0.15, 0.2) is 0 Å². The maximum atomic E-state index is 13.0. The number of fused-ring (bicyclic) bond motifs is 4. The van der Waals surface area contributed by atoms with Crippen LogP contribution in [0.25, 0.3) is 22.0 Å². The molecule has 41 heavy (non-hydrogen) atoms. The largest absolute Gasteiger partial charge is 0.381 e. The van der Waals surface area contributed by atoms with E-state index in [0.717, 1.165) is 60.8 Å². The maximum absolute atomic E-state index is 13.0. The molecule has 6 heterocycles. The summed E-state index contributed by atoms with van der Waals surface area (Å²) in [6, 6.07) is 12.1. The fourth-order valence-corrected chi connectivity index (χ4v) is 6.00. The first-order chi connectivity index (χ1) is 19.9. The monoisotopic (exact) mass is 549 g/mol. The Hall–Kier alpha value is -4.77. The molecule has 3 N–H and O–H groups in total. The summed E-state index contributed by atoms with van der Waals surface area (Å²) >= 11 is 0. The first-order valence-corrected chi connectivity index (χ1v) is 13.8. The van der Waals surface area contributed by atoms with E-state index in [1.54, 1.807) is 12.3 Å². The van der Waals surface area contributed by atoms with Gasteiger partial charge in [-0.3, -0.25) is 9.48 Å². The van der Waals surface area contributed by atoms with Crippen molar-refractivity contribution in [3.05, 3.63) is 76.4 Å². The number of pyridine rings is 2. The third-order valence-corrected chi connectivity index (χ3v) is 7.75. The molecule has 1 fully saturated rings. The van der Waals surface area contributed by atoms with Gasteiger partial charge >= 0.3 is 0 Å². The molecule has 7 rings (SSSR count). The van der Waals surface area contributed by atoms with E-state index in [-0.39, 0.29) is 5.56 Å². The molecule has 0 unspecified atom stereocenters. The summed E-state index contributed by atoms with van der Waals surface area (Å²) in [5.74, 6) is 1.88. The Bertz CT molecular complexity index is 1820. The number of nitrogens with one attached hydrogen (secondary N) is 3. The highest BCUT2D eigenvalue weighted by molar-refractivity contribution is 5.98. The number of aromatic amines is 1. The molecule has 5 aromatic rings. The molecule has 0 atom stereocenters. The van der Waals surface area contributed by atoms with Crippen molar-refractivity contribution in [2.75, 3.05) is 35.8 Å². The Balaban J connectivity index is 1.30. The molecular formula is C30H31N9O2. The molecule has 1 aromatic carbocycles. The summed E-state index contributed by atoms with van der Waals surface area (Å²) in [6.45, 7) is 6.05. The Morgan fingerprint density at radius 2 is 1.80 bits per heavy atom. The molecule has 0 radical (unpaired) electrons. The molecule has 2 aliphatic heterocycles. The average Bonchev–Trinajstić information content (AvgIpc) is 3.37. The Morgan fingerprint density at radius 1 is 0.976 bits per heavy atom. The summed E-state index contributed by atoms with van der Waals surface area (Å²) in [4.78, 5) is 31.6. The Kier molecular flexibility index (Phi) is 6.15. The second-order valence-electron chi connectivity index (χ2n) is 10.7. The molecule has 11 nitrogen and oxygen atoms in total. The van der Waals surface area contributed by atoms with Crippen molar-refractivity contribution in [1.29, 1.82) is 0 Å². The molecule has 0 bridgehead atoms. The highest BCUT2D eigenvalue weighted by atomic mass is 16.5. The van der Waals surface area contributed by atoms with E-state index in [1.807, 2.05) is 44.3 Å². The van der Waals surface area contributed by atoms with Gasteiger partial charge in [-0.05, 0) is 38.8 Å². The van der Waals surface area contributed by atoms with Crippen molar-refractivity contribution in [2.45, 2.75) is 39.3 Å². The minimum absolute atomic E-state index is 0.212. The van der Waals surface area contributed by atoms with Crippen LogP contribution in [-0.2, 0) is 11.3 Å². The van der Waals surface area contributed by atoms with E-state index < -0.39 is 0 Å². The number of aryl methyl sites for hydroxylation is 2. The predicted octanol–water partition coefficient (Wildman–Crippen LogP) is 4.98. The van der Waals surface area contributed by atoms with Crippen LogP contribution in [0.15, 0.2) is 53.6 Å². The van der Waals surface area contributed by atoms with Gasteiger partial charge in [0.2, 0.25) is 0 Å². The van der Waals surface area contributed by atoms with Gasteiger partial charge in [-0.1, -0.05) is 12.1 Å². The lowest BCUT2D eigenvalue weighted by Gasteiger charge is -2.32. The molecule has 0 aliphatic carbocycles. The predicted molar refractivity (Wildman–Crippen MR) is 159 cm³/mol. The smallest absolute Gasteiger partial charge is 0.259 e. The minimum atomic E-state index is -0.212. The number of aromatic nitrogens is 6. The number of rotatable bonds is 5. The lowest BCUT2D eigenvalue weighted by atomic mass is 9.97. The zero-order chi connectivity index (χ0) is 28.1. The summed E-state index contributed by atoms with van der Waals surface area (Å²) in [5, 5.41) is 12.2. The third kappa shape index (κ3) is 4.57. The molecule has 11 heteroatoms. The van der Waals surface area contributed by atoms with Crippen molar-refractivity contribution in [1.82, 2.24) is 29.7 Å². The lowest BCUT2D eigenvalue weighted by Crippen LogP contribution is -2.28. The van der Waals surface area contributed by atoms with E-state index in [9.17, 15) is 4.79 Å². The van der Waals surface area contributed by atoms with Crippen LogP contribution in [0.5, 0.6) is 0 Å². The second kappa shape index (κ2) is 10.0. The van der Waals surface area contributed by atoms with Crippen LogP contribution in [0.4, 0.5) is 28.7 Å². The Labute approximate surface area is 236 Å². The molecular weight excluding hydrogens is 518 g/mol. The van der Waals surface area contributed by atoms with Gasteiger partial charge in [0.25, 0.3) is 5.56 Å². The normalized spacial score (nSPS) is 15.0. The maximum Gasteiger partial charge on any atom is 0.259 e. The van der Waals surface area contributed by atoms with Crippen molar-refractivity contribution in [2.24, 2.45) is 0 Å². The van der Waals surface area contributed by atoms with E-state index in [4.69, 9.17) is 14.8 Å². The van der Waals surface area contributed by atoms with Crippen molar-refractivity contribution >= 4 is 39.6 Å². The first kappa shape index (κ1) is 25.2. The summed E-state index contributed by atoms with van der Waals surface area (Å²) in [5.41, 5.74) is 7.28. The van der Waals surface area contributed by atoms with Crippen LogP contribution >= 0.6 is 0 Å². The molecule has 4 aromatic heterocycles. The number of hydrogen-bond donors (Lipinski definition) is 3. The fraction of sp³-hybridized carbons (Fsp3) is 0.300. The SMILES string of the molecule is Cc1cc(Nc2cc(Nc3cccc4c3N(C)Cc3c-4cnn3C3CCOCC3)c3c(=O)[nH]ccc3n2)nc(C)n1. The van der Waals surface area contributed by atoms with Gasteiger partial charge in [-0.2, -0.15) is 5.10 Å². The molecule has 0 spiro atoms. The standard InChI is InChI=1S/C30H31N9O2/c1-17-13-26(34-18(2)33-17)37-27-14-24(28-22(36-27)7-10-31-30(28)40)35-23-6-4-5-20-21-15-32-39(19-8-11-41-12-9-19)25(21)16-38(3)29(20)23/h4-7,10,13-15,19H,8-9,11-12,16H2,1-3H3,(H,31,40)(H2,33,34,35,36,37). The highest BCUT2D eigenvalue weighted by Crippen LogP contribution is 2.45. The van der Waals surface area contributed by atoms with Crippen molar-refractivity contribution < 1.29 is 4.74 Å². The average molecular weight is 550 g/mol. The van der Waals surface area contributed by atoms with Crippen LogP contribution in [-0.4, -0.2) is 50.0 Å². The van der Waals surface area contributed by atoms with E-state index in [2.05, 4.69) is 48.3 Å². The number of hydrogen-bond acceptors (Lipinski definition) is 9. The van der Waals surface area contributed by atoms with E-state index in [0.29, 0.717) is 40.1 Å². The van der Waals surface area contributed by atoms with Gasteiger partial charge in [-0.25, -0.2) is 15.0 Å². The summed E-state index contributed by atoms with van der Waals surface area (Å²) < 4.78 is 7.78. The highest BCUT2D eigenvalue weighted by Gasteiger charge is 2.29. The minimum Gasteiger partial charge on any atom is -0.381 e. The zero-order valence-corrected chi connectivity index (χ0v) is 23.2. The van der Waals surface area contributed by atoms with Crippen LogP contribution in [0, 0.1) is 13.8 Å². The zero-order valence-electron chi connectivity index (χ0n) is 23.2. The number of ether oxygens (including phenoxy) is 1. The number of anilines is 5. The van der Waals surface area contributed by atoms with Crippen LogP contribution < -0.4 is 21.1 Å². The quantitative estimate of drug-likeness (QED) is 0.278. The topological polar surface area (TPSA) is 126 Å². The van der Waals surface area contributed by atoms with E-state index in [1.165, 1.54) is 5.69 Å². The second-order valence-corrected chi connectivity index (χ2v) is 10.7. The molecule has 2 aliphatic rings. The number of nitrogens with zero attached hydrogens (tertiary/aromatic N) is 6. The van der Waals surface area contributed by atoms with Gasteiger partial charge < -0.3 is 25.3 Å². The van der Waals surface area contributed by atoms with E-state index >= 15 is 0 Å². The molecule has 1 saturated heterocycles. The molecule has 0 amide bonds. The number of para-hydroxylation sites is 1. The first-order valence-electron chi connectivity index (χ1n) is 13.8. The fourth-order valence-electron chi connectivity index (χ4n) is 6.00. The Morgan fingerprint density at radius 3 is 2.63 bits per heavy atom. The van der Waals surface area contributed by atoms with Gasteiger partial charge in [-0.15, -0.1) is 0 Å². The lowest BCUT2D eigenvalue weighted by molar-refractivity contribution is 0.0654. The number of benzene rings is 1. The van der Waals surface area contributed by atoms with Gasteiger partial charge in [0.05, 0.1) is 52.4 Å². The van der Waals surface area contributed by atoms with Crippen LogP contribution in [0.2, 0.25) is 0 Å². The van der Waals surface area contributed by atoms with Crippen molar-refractivity contribution in [3.8, 4) is 11.1 Å². The summed E-state index contributed by atoms with van der Waals surface area (Å²) in [7, 11) is 2.10. The third-order valence-electron chi connectivity index (χ3n) is 7.75. The van der Waals surface area contributed by atoms with Gasteiger partial charge in [0, 0.05) is 55.4 Å². The van der Waals surface area contributed by atoms with Gasteiger partial charge in [0.1, 0.15) is 17.5 Å². The van der Waals surface area contributed by atoms with Crippen molar-refractivity contribution in [3.63, 3.8) is 0 Å². The van der Waals surface area contributed by atoms with Crippen LogP contribution in [0.3, 0.4) is 0 Å². The van der Waals surface area contributed by atoms with Crippen LogP contribution in [0.1, 0.15) is 36.1 Å². The summed E-state index contributed by atoms with van der Waals surface area (Å²) in [6.07, 6.45) is 5.54. The molecule has 208 valence electrons.